The number of pyridine rings is 1. The van der Waals surface area contributed by atoms with E-state index in [1.165, 1.54) is 44.1 Å². The van der Waals surface area contributed by atoms with Crippen LogP contribution in [0.4, 0.5) is 0 Å². The molecule has 0 radical (unpaired) electrons. The van der Waals surface area contributed by atoms with E-state index in [2.05, 4.69) is 28.0 Å². The molecule has 0 spiro atoms. The highest BCUT2D eigenvalue weighted by Crippen LogP contribution is 2.61. The fraction of sp³-hybridized carbons (Fsp3) is 0.577. The van der Waals surface area contributed by atoms with Gasteiger partial charge in [-0.1, -0.05) is 38.5 Å². The number of rotatable bonds is 5. The van der Waals surface area contributed by atoms with Crippen LogP contribution in [0, 0.1) is 23.7 Å². The molecule has 6 rings (SSSR count). The zero-order valence-electron chi connectivity index (χ0n) is 19.1. The summed E-state index contributed by atoms with van der Waals surface area (Å²) in [5.74, 6) is 1.69. The number of nitrogens with zero attached hydrogens (tertiary/aromatic N) is 1. The second kappa shape index (κ2) is 8.14. The second-order valence-corrected chi connectivity index (χ2v) is 10.6. The third-order valence-electron chi connectivity index (χ3n) is 8.42. The molecule has 1 aromatic carbocycles. The molecule has 0 aliphatic heterocycles. The van der Waals surface area contributed by atoms with E-state index >= 15 is 0 Å². The van der Waals surface area contributed by atoms with Crippen molar-refractivity contribution in [3.8, 4) is 0 Å². The summed E-state index contributed by atoms with van der Waals surface area (Å²) in [6, 6.07) is 9.48. The minimum Gasteiger partial charge on any atom is -0.320 e. The smallest absolute Gasteiger partial charge is 0.288 e. The number of carbonyl (C=O) groups excluding carboxylic acids is 2. The number of para-hydroxylation sites is 1. The predicted octanol–water partition coefficient (Wildman–Crippen LogP) is 3.84. The maximum atomic E-state index is 13.0. The molecule has 4 saturated carbocycles. The third kappa shape index (κ3) is 3.68. The van der Waals surface area contributed by atoms with E-state index in [4.69, 9.17) is 5.73 Å². The van der Waals surface area contributed by atoms with Crippen LogP contribution >= 0.6 is 0 Å². The number of nitrogens with one attached hydrogen (secondary N) is 2. The molecule has 2 amide bonds. The van der Waals surface area contributed by atoms with Crippen molar-refractivity contribution in [1.29, 1.82) is 0 Å². The highest BCUT2D eigenvalue weighted by atomic mass is 16.2. The van der Waals surface area contributed by atoms with Crippen LogP contribution in [0.3, 0.4) is 0 Å². The first-order valence-electron chi connectivity index (χ1n) is 12.1. The minimum atomic E-state index is -0.660. The van der Waals surface area contributed by atoms with E-state index in [0.717, 1.165) is 35.1 Å². The number of fused-ring (bicyclic) bond motifs is 1. The van der Waals surface area contributed by atoms with Gasteiger partial charge < -0.3 is 5.73 Å². The van der Waals surface area contributed by atoms with Gasteiger partial charge in [0.2, 0.25) is 0 Å². The lowest BCUT2D eigenvalue weighted by Gasteiger charge is -2.57. The Bertz CT molecular complexity index is 1010. The van der Waals surface area contributed by atoms with Crippen molar-refractivity contribution in [2.45, 2.75) is 70.3 Å². The van der Waals surface area contributed by atoms with Gasteiger partial charge in [-0.05, 0) is 85.3 Å². The lowest BCUT2D eigenvalue weighted by atomic mass is 9.48. The molecule has 170 valence electrons. The van der Waals surface area contributed by atoms with E-state index in [-0.39, 0.29) is 17.2 Å². The van der Waals surface area contributed by atoms with Gasteiger partial charge in [-0.15, -0.1) is 0 Å². The van der Waals surface area contributed by atoms with Crippen molar-refractivity contribution < 1.29 is 9.59 Å². The summed E-state index contributed by atoms with van der Waals surface area (Å²) < 4.78 is 0. The Kier molecular flexibility index (Phi) is 5.44. The van der Waals surface area contributed by atoms with Gasteiger partial charge in [0.15, 0.2) is 0 Å². The molecule has 6 nitrogen and oxygen atoms in total. The fourth-order valence-corrected chi connectivity index (χ4v) is 6.95. The average Bonchev–Trinajstić information content (AvgIpc) is 2.79. The van der Waals surface area contributed by atoms with E-state index in [9.17, 15) is 9.59 Å². The van der Waals surface area contributed by atoms with Crippen molar-refractivity contribution >= 4 is 22.7 Å². The van der Waals surface area contributed by atoms with Crippen molar-refractivity contribution in [2.24, 2.45) is 29.4 Å². The van der Waals surface area contributed by atoms with Gasteiger partial charge in [0.1, 0.15) is 5.69 Å². The SMILES string of the molecule is CCC(C)[C@H](N)C(=O)NNC(=O)c1cc(C23CC4CC(CC(C4)C2)C3)c2ccccc2n1. The van der Waals surface area contributed by atoms with Crippen LogP contribution in [0.15, 0.2) is 30.3 Å². The van der Waals surface area contributed by atoms with Gasteiger partial charge in [-0.2, -0.15) is 0 Å². The number of hydrogen-bond acceptors (Lipinski definition) is 4. The highest BCUT2D eigenvalue weighted by molar-refractivity contribution is 5.97. The molecular formula is C26H34N4O2. The molecule has 4 aliphatic rings. The minimum absolute atomic E-state index is 0.0355. The molecule has 1 aromatic heterocycles. The zero-order valence-corrected chi connectivity index (χ0v) is 19.1. The Morgan fingerprint density at radius 2 is 1.72 bits per heavy atom. The molecule has 0 saturated heterocycles. The van der Waals surface area contributed by atoms with Gasteiger partial charge in [0, 0.05) is 5.39 Å². The zero-order chi connectivity index (χ0) is 22.5. The summed E-state index contributed by atoms with van der Waals surface area (Å²) in [6.45, 7) is 3.91. The summed E-state index contributed by atoms with van der Waals surface area (Å²) >= 11 is 0. The molecule has 6 heteroatoms. The number of carbonyl (C=O) groups is 2. The Balaban J connectivity index is 1.44. The van der Waals surface area contributed by atoms with Crippen LogP contribution in [-0.4, -0.2) is 22.8 Å². The van der Waals surface area contributed by atoms with Gasteiger partial charge in [0.05, 0.1) is 11.6 Å². The Hall–Kier alpha value is -2.47. The van der Waals surface area contributed by atoms with Gasteiger partial charge in [0.25, 0.3) is 11.8 Å². The number of hydrazine groups is 1. The Morgan fingerprint density at radius 3 is 2.34 bits per heavy atom. The van der Waals surface area contributed by atoms with Gasteiger partial charge in [-0.3, -0.25) is 20.4 Å². The van der Waals surface area contributed by atoms with Crippen LogP contribution in [0.2, 0.25) is 0 Å². The molecule has 2 aromatic rings. The maximum absolute atomic E-state index is 13.0. The molecular weight excluding hydrogens is 400 g/mol. The number of amides is 2. The van der Waals surface area contributed by atoms with Crippen molar-refractivity contribution in [2.75, 3.05) is 0 Å². The number of aromatic nitrogens is 1. The Labute approximate surface area is 189 Å². The maximum Gasteiger partial charge on any atom is 0.288 e. The van der Waals surface area contributed by atoms with Crippen LogP contribution in [0.25, 0.3) is 10.9 Å². The number of benzene rings is 1. The first kappa shape index (κ1) is 21.4. The van der Waals surface area contributed by atoms with E-state index in [1.54, 1.807) is 0 Å². The largest absolute Gasteiger partial charge is 0.320 e. The van der Waals surface area contributed by atoms with Gasteiger partial charge >= 0.3 is 0 Å². The average molecular weight is 435 g/mol. The van der Waals surface area contributed by atoms with E-state index in [0.29, 0.717) is 5.69 Å². The number of nitrogens with two attached hydrogens (primary N) is 1. The third-order valence-corrected chi connectivity index (χ3v) is 8.42. The first-order chi connectivity index (χ1) is 15.4. The lowest BCUT2D eigenvalue weighted by molar-refractivity contribution is -0.124. The molecule has 4 N–H and O–H groups in total. The monoisotopic (exact) mass is 434 g/mol. The molecule has 4 aliphatic carbocycles. The highest BCUT2D eigenvalue weighted by Gasteiger charge is 2.52. The molecule has 32 heavy (non-hydrogen) atoms. The summed E-state index contributed by atoms with van der Waals surface area (Å²) in [6.07, 6.45) is 8.56. The lowest BCUT2D eigenvalue weighted by Crippen LogP contribution is -2.51. The standard InChI is InChI=1S/C26H34N4O2/c1-3-15(2)23(27)25(32)30-29-24(31)22-11-20(19-6-4-5-7-21(19)28-22)26-12-16-8-17(13-26)10-18(9-16)14-26/h4-7,11,15-18,23H,3,8-10,12-14,27H2,1-2H3,(H,29,31)(H,30,32)/t15?,16?,17?,18?,23-,26?/m0/s1. The normalized spacial score (nSPS) is 30.2. The predicted molar refractivity (Wildman–Crippen MR) is 125 cm³/mol. The van der Waals surface area contributed by atoms with Crippen molar-refractivity contribution in [1.82, 2.24) is 15.8 Å². The topological polar surface area (TPSA) is 97.1 Å². The molecule has 2 atom stereocenters. The Morgan fingerprint density at radius 1 is 1.09 bits per heavy atom. The van der Waals surface area contributed by atoms with Crippen molar-refractivity contribution in [3.63, 3.8) is 0 Å². The van der Waals surface area contributed by atoms with E-state index in [1.807, 2.05) is 32.0 Å². The summed E-state index contributed by atoms with van der Waals surface area (Å²) in [7, 11) is 0. The van der Waals surface area contributed by atoms with Gasteiger partial charge in [-0.25, -0.2) is 4.98 Å². The summed E-state index contributed by atoms with van der Waals surface area (Å²) in [5, 5.41) is 1.16. The molecule has 4 bridgehead atoms. The van der Waals surface area contributed by atoms with E-state index < -0.39 is 11.9 Å². The number of hydrogen-bond donors (Lipinski definition) is 3. The molecule has 1 heterocycles. The fourth-order valence-electron chi connectivity index (χ4n) is 6.95. The molecule has 4 fully saturated rings. The van der Waals surface area contributed by atoms with Crippen LogP contribution in [0.1, 0.15) is 74.8 Å². The second-order valence-electron chi connectivity index (χ2n) is 10.6. The van der Waals surface area contributed by atoms with Crippen LogP contribution < -0.4 is 16.6 Å². The quantitative estimate of drug-likeness (QED) is 0.623. The van der Waals surface area contributed by atoms with Crippen LogP contribution in [-0.2, 0) is 10.2 Å². The summed E-state index contributed by atoms with van der Waals surface area (Å²) in [4.78, 5) is 30.0. The molecule has 1 unspecified atom stereocenters. The first-order valence-corrected chi connectivity index (χ1v) is 12.1. The van der Waals surface area contributed by atoms with Crippen LogP contribution in [0.5, 0.6) is 0 Å². The summed E-state index contributed by atoms with van der Waals surface area (Å²) in [5.41, 5.74) is 13.6. The van der Waals surface area contributed by atoms with Crippen molar-refractivity contribution in [3.05, 3.63) is 41.6 Å².